The standard InChI is InChI=1S/C18H29N5O10/c1-7(2)3-8(19)15(29)21-9(4-12(20)24)16(30)22-10(5-13(25)26)17(31)23-11(18(32)33)6-14(27)28/h7-11H,3-6,19H2,1-2H3,(H2,20,24)(H,21,29)(H,22,30)(H,23,31)(H,25,26)(H,27,28)(H,32,33). The summed E-state index contributed by atoms with van der Waals surface area (Å²) >= 11 is 0. The summed E-state index contributed by atoms with van der Waals surface area (Å²) in [4.78, 5) is 81.5. The first kappa shape index (κ1) is 29.2. The molecule has 0 spiro atoms. The van der Waals surface area contributed by atoms with Crippen LogP contribution in [0.1, 0.15) is 39.5 Å². The zero-order valence-corrected chi connectivity index (χ0v) is 18.1. The molecule has 4 unspecified atom stereocenters. The van der Waals surface area contributed by atoms with E-state index in [2.05, 4.69) is 5.32 Å². The number of rotatable bonds is 15. The van der Waals surface area contributed by atoms with Gasteiger partial charge in [0.05, 0.1) is 25.3 Å². The maximum atomic E-state index is 12.6. The molecular weight excluding hydrogens is 446 g/mol. The fraction of sp³-hybridized carbons (Fsp3) is 0.611. The van der Waals surface area contributed by atoms with Crippen molar-refractivity contribution in [3.8, 4) is 0 Å². The van der Waals surface area contributed by atoms with Gasteiger partial charge >= 0.3 is 17.9 Å². The molecule has 0 rings (SSSR count). The number of carbonyl (C=O) groups is 7. The molecule has 0 bridgehead atoms. The van der Waals surface area contributed by atoms with Crippen LogP contribution in [-0.4, -0.2) is 81.0 Å². The lowest BCUT2D eigenvalue weighted by Crippen LogP contribution is -2.58. The molecule has 0 aromatic carbocycles. The predicted octanol–water partition coefficient (Wildman–Crippen LogP) is -3.28. The van der Waals surface area contributed by atoms with Gasteiger partial charge in [-0.3, -0.25) is 28.8 Å². The zero-order chi connectivity index (χ0) is 25.9. The van der Waals surface area contributed by atoms with Gasteiger partial charge in [-0.15, -0.1) is 0 Å². The highest BCUT2D eigenvalue weighted by atomic mass is 16.4. The van der Waals surface area contributed by atoms with Gasteiger partial charge in [0.1, 0.15) is 18.1 Å². The van der Waals surface area contributed by atoms with Crippen LogP contribution in [0, 0.1) is 5.92 Å². The quantitative estimate of drug-likeness (QED) is 0.116. The van der Waals surface area contributed by atoms with E-state index in [0.29, 0.717) is 0 Å². The van der Waals surface area contributed by atoms with E-state index >= 15 is 0 Å². The SMILES string of the molecule is CC(C)CC(N)C(=O)NC(CC(N)=O)C(=O)NC(CC(=O)O)C(=O)NC(CC(=O)O)C(=O)O. The second-order valence-corrected chi connectivity index (χ2v) is 7.62. The van der Waals surface area contributed by atoms with Crippen molar-refractivity contribution in [2.24, 2.45) is 17.4 Å². The maximum absolute atomic E-state index is 12.6. The van der Waals surface area contributed by atoms with Gasteiger partial charge in [0, 0.05) is 0 Å². The van der Waals surface area contributed by atoms with Gasteiger partial charge in [-0.05, 0) is 12.3 Å². The molecule has 33 heavy (non-hydrogen) atoms. The molecule has 0 aliphatic carbocycles. The van der Waals surface area contributed by atoms with E-state index < -0.39 is 85.0 Å². The molecule has 186 valence electrons. The van der Waals surface area contributed by atoms with Crippen molar-refractivity contribution in [1.29, 1.82) is 0 Å². The first-order chi connectivity index (χ1) is 15.1. The number of carboxylic acids is 3. The minimum absolute atomic E-state index is 0.0331. The Balaban J connectivity index is 5.56. The van der Waals surface area contributed by atoms with E-state index in [0.717, 1.165) is 0 Å². The average molecular weight is 475 g/mol. The molecule has 0 heterocycles. The van der Waals surface area contributed by atoms with Crippen LogP contribution >= 0.6 is 0 Å². The summed E-state index contributed by atoms with van der Waals surface area (Å²) in [6.07, 6.45) is -2.48. The number of hydrogen-bond donors (Lipinski definition) is 8. The van der Waals surface area contributed by atoms with Crippen LogP contribution in [0.5, 0.6) is 0 Å². The fourth-order valence-corrected chi connectivity index (χ4v) is 2.61. The third-order valence-corrected chi connectivity index (χ3v) is 4.11. The summed E-state index contributed by atoms with van der Waals surface area (Å²) in [5, 5.41) is 32.8. The molecular formula is C18H29N5O10. The Morgan fingerprint density at radius 3 is 1.48 bits per heavy atom. The van der Waals surface area contributed by atoms with Gasteiger partial charge in [-0.25, -0.2) is 4.79 Å². The summed E-state index contributed by atoms with van der Waals surface area (Å²) in [7, 11) is 0. The van der Waals surface area contributed by atoms with E-state index in [4.69, 9.17) is 26.8 Å². The summed E-state index contributed by atoms with van der Waals surface area (Å²) in [5.41, 5.74) is 10.8. The molecule has 15 heteroatoms. The molecule has 0 saturated carbocycles. The summed E-state index contributed by atoms with van der Waals surface area (Å²) in [6.45, 7) is 3.59. The third kappa shape index (κ3) is 12.0. The molecule has 0 fully saturated rings. The maximum Gasteiger partial charge on any atom is 0.326 e. The van der Waals surface area contributed by atoms with Crippen molar-refractivity contribution in [3.63, 3.8) is 0 Å². The normalized spacial score (nSPS) is 14.3. The van der Waals surface area contributed by atoms with Crippen molar-refractivity contribution >= 4 is 41.5 Å². The topological polar surface area (TPSA) is 268 Å². The average Bonchev–Trinajstić information content (AvgIpc) is 2.64. The number of hydrogen-bond acceptors (Lipinski definition) is 8. The molecule has 0 aliphatic rings. The van der Waals surface area contributed by atoms with E-state index in [1.807, 2.05) is 10.6 Å². The van der Waals surface area contributed by atoms with Crippen LogP contribution in [0.15, 0.2) is 0 Å². The summed E-state index contributed by atoms with van der Waals surface area (Å²) in [5.74, 6) is -9.05. The van der Waals surface area contributed by atoms with Crippen LogP contribution in [-0.2, 0) is 33.6 Å². The van der Waals surface area contributed by atoms with E-state index in [1.165, 1.54) is 0 Å². The molecule has 0 aromatic heterocycles. The first-order valence-corrected chi connectivity index (χ1v) is 9.75. The second-order valence-electron chi connectivity index (χ2n) is 7.62. The number of amides is 4. The predicted molar refractivity (Wildman–Crippen MR) is 109 cm³/mol. The van der Waals surface area contributed by atoms with Crippen LogP contribution < -0.4 is 27.4 Å². The van der Waals surface area contributed by atoms with E-state index in [9.17, 15) is 33.6 Å². The van der Waals surface area contributed by atoms with Gasteiger partial charge < -0.3 is 42.7 Å². The molecule has 4 amide bonds. The lowest BCUT2D eigenvalue weighted by molar-refractivity contribution is -0.148. The van der Waals surface area contributed by atoms with Crippen LogP contribution in [0.4, 0.5) is 0 Å². The highest BCUT2D eigenvalue weighted by Gasteiger charge is 2.33. The highest BCUT2D eigenvalue weighted by Crippen LogP contribution is 2.05. The number of aliphatic carboxylic acids is 3. The zero-order valence-electron chi connectivity index (χ0n) is 18.1. The number of carbonyl (C=O) groups excluding carboxylic acids is 4. The third-order valence-electron chi connectivity index (χ3n) is 4.11. The summed E-state index contributed by atoms with van der Waals surface area (Å²) in [6, 6.07) is -6.40. The van der Waals surface area contributed by atoms with Gasteiger partial charge in [0.2, 0.25) is 23.6 Å². The minimum Gasteiger partial charge on any atom is -0.481 e. The molecule has 10 N–H and O–H groups in total. The Labute approximate surface area is 188 Å². The fourth-order valence-electron chi connectivity index (χ4n) is 2.61. The van der Waals surface area contributed by atoms with Crippen molar-refractivity contribution < 1.29 is 48.9 Å². The summed E-state index contributed by atoms with van der Waals surface area (Å²) < 4.78 is 0. The van der Waals surface area contributed by atoms with Crippen LogP contribution in [0.2, 0.25) is 0 Å². The lowest BCUT2D eigenvalue weighted by atomic mass is 10.0. The Bertz CT molecular complexity index is 785. The lowest BCUT2D eigenvalue weighted by Gasteiger charge is -2.24. The number of carboxylic acid groups (broad SMARTS) is 3. The van der Waals surface area contributed by atoms with E-state index in [-0.39, 0.29) is 12.3 Å². The van der Waals surface area contributed by atoms with Crippen LogP contribution in [0.25, 0.3) is 0 Å². The molecule has 4 atom stereocenters. The Morgan fingerprint density at radius 1 is 0.697 bits per heavy atom. The van der Waals surface area contributed by atoms with Gasteiger partial charge in [0.15, 0.2) is 0 Å². The molecule has 15 nitrogen and oxygen atoms in total. The van der Waals surface area contributed by atoms with Gasteiger partial charge in [0.25, 0.3) is 0 Å². The first-order valence-electron chi connectivity index (χ1n) is 9.75. The smallest absolute Gasteiger partial charge is 0.326 e. The van der Waals surface area contributed by atoms with E-state index in [1.54, 1.807) is 13.8 Å². The molecule has 0 radical (unpaired) electrons. The van der Waals surface area contributed by atoms with Gasteiger partial charge in [-0.2, -0.15) is 0 Å². The minimum atomic E-state index is -1.90. The number of nitrogens with one attached hydrogen (secondary N) is 3. The van der Waals surface area contributed by atoms with Crippen molar-refractivity contribution in [2.45, 2.75) is 63.7 Å². The number of nitrogens with two attached hydrogens (primary N) is 2. The Kier molecular flexibility index (Phi) is 12.1. The largest absolute Gasteiger partial charge is 0.481 e. The molecule has 0 aromatic rings. The van der Waals surface area contributed by atoms with Gasteiger partial charge in [-0.1, -0.05) is 13.8 Å². The van der Waals surface area contributed by atoms with Crippen LogP contribution in [0.3, 0.4) is 0 Å². The Morgan fingerprint density at radius 2 is 1.09 bits per heavy atom. The van der Waals surface area contributed by atoms with Crippen molar-refractivity contribution in [2.75, 3.05) is 0 Å². The van der Waals surface area contributed by atoms with Crippen molar-refractivity contribution in [3.05, 3.63) is 0 Å². The van der Waals surface area contributed by atoms with Crippen molar-refractivity contribution in [1.82, 2.24) is 16.0 Å². The molecule has 0 aliphatic heterocycles. The highest BCUT2D eigenvalue weighted by molar-refractivity contribution is 5.97. The number of primary amides is 1. The molecule has 0 saturated heterocycles. The second kappa shape index (κ2) is 13.6. The Hall–Kier alpha value is -3.75. The monoisotopic (exact) mass is 475 g/mol.